The summed E-state index contributed by atoms with van der Waals surface area (Å²) in [6.07, 6.45) is 15.4. The molecule has 0 saturated heterocycles. The SMILES string of the molecule is C=CCC(C)=CCCC(C)=CCCCCC. The van der Waals surface area contributed by atoms with Crippen molar-refractivity contribution in [2.75, 3.05) is 0 Å². The molecule has 0 fully saturated rings. The molecule has 0 heterocycles. The monoisotopic (exact) mass is 220 g/mol. The third-order valence-electron chi connectivity index (χ3n) is 2.80. The van der Waals surface area contributed by atoms with Gasteiger partial charge in [0.1, 0.15) is 0 Å². The summed E-state index contributed by atoms with van der Waals surface area (Å²) in [4.78, 5) is 0. The Balaban J connectivity index is 3.66. The molecule has 0 radical (unpaired) electrons. The highest BCUT2D eigenvalue weighted by atomic mass is 14.0. The van der Waals surface area contributed by atoms with Gasteiger partial charge in [0.05, 0.1) is 0 Å². The van der Waals surface area contributed by atoms with Crippen molar-refractivity contribution in [1.29, 1.82) is 0 Å². The van der Waals surface area contributed by atoms with Crippen molar-refractivity contribution in [3.05, 3.63) is 36.0 Å². The van der Waals surface area contributed by atoms with E-state index in [4.69, 9.17) is 0 Å². The van der Waals surface area contributed by atoms with E-state index in [0.29, 0.717) is 0 Å². The quantitative estimate of drug-likeness (QED) is 0.339. The second kappa shape index (κ2) is 10.7. The maximum atomic E-state index is 3.75. The van der Waals surface area contributed by atoms with Crippen LogP contribution in [0, 0.1) is 0 Å². The first-order valence-electron chi connectivity index (χ1n) is 6.62. The molecule has 0 aliphatic heterocycles. The maximum absolute atomic E-state index is 3.75. The van der Waals surface area contributed by atoms with Gasteiger partial charge in [-0.2, -0.15) is 0 Å². The second-order valence-corrected chi connectivity index (χ2v) is 4.63. The van der Waals surface area contributed by atoms with Gasteiger partial charge in [-0.3, -0.25) is 0 Å². The fourth-order valence-corrected chi connectivity index (χ4v) is 1.70. The van der Waals surface area contributed by atoms with E-state index in [1.165, 1.54) is 44.1 Å². The molecule has 0 aliphatic carbocycles. The molecule has 0 saturated carbocycles. The summed E-state index contributed by atoms with van der Waals surface area (Å²) in [7, 11) is 0. The Bertz CT molecular complexity index is 230. The highest BCUT2D eigenvalue weighted by molar-refractivity contribution is 5.05. The van der Waals surface area contributed by atoms with Crippen LogP contribution in [-0.4, -0.2) is 0 Å². The largest absolute Gasteiger partial charge is 0.103 e. The number of hydrogen-bond donors (Lipinski definition) is 0. The molecule has 0 rings (SSSR count). The van der Waals surface area contributed by atoms with E-state index >= 15 is 0 Å². The average Bonchev–Trinajstić information content (AvgIpc) is 2.25. The lowest BCUT2D eigenvalue weighted by atomic mass is 10.1. The van der Waals surface area contributed by atoms with Crippen molar-refractivity contribution < 1.29 is 0 Å². The van der Waals surface area contributed by atoms with Gasteiger partial charge in [0.2, 0.25) is 0 Å². The summed E-state index contributed by atoms with van der Waals surface area (Å²) in [5.41, 5.74) is 2.98. The highest BCUT2D eigenvalue weighted by Gasteiger charge is 1.90. The van der Waals surface area contributed by atoms with E-state index in [2.05, 4.69) is 39.5 Å². The molecule has 0 N–H and O–H groups in total. The van der Waals surface area contributed by atoms with Gasteiger partial charge in [-0.05, 0) is 46.0 Å². The predicted molar refractivity (Wildman–Crippen MR) is 75.7 cm³/mol. The van der Waals surface area contributed by atoms with Crippen LogP contribution in [0.15, 0.2) is 36.0 Å². The number of hydrogen-bond acceptors (Lipinski definition) is 0. The molecular formula is C16H28. The molecular weight excluding hydrogens is 192 g/mol. The predicted octanol–water partition coefficient (Wildman–Crippen LogP) is 5.82. The Labute approximate surface area is 102 Å². The zero-order chi connectivity index (χ0) is 12.2. The molecule has 0 aromatic carbocycles. The number of rotatable bonds is 9. The van der Waals surface area contributed by atoms with Crippen LogP contribution < -0.4 is 0 Å². The lowest BCUT2D eigenvalue weighted by Crippen LogP contribution is -1.80. The third-order valence-corrected chi connectivity index (χ3v) is 2.80. The summed E-state index contributed by atoms with van der Waals surface area (Å²) in [5, 5.41) is 0. The fraction of sp³-hybridized carbons (Fsp3) is 0.625. The van der Waals surface area contributed by atoms with Crippen LogP contribution in [0.1, 0.15) is 65.7 Å². The zero-order valence-corrected chi connectivity index (χ0v) is 11.4. The highest BCUT2D eigenvalue weighted by Crippen LogP contribution is 2.11. The standard InChI is InChI=1S/C16H28/c1-5-7-8-9-12-16(4)14-10-13-15(3)11-6-2/h6,12-13H,2,5,7-11,14H2,1,3-4H3. The maximum Gasteiger partial charge on any atom is -0.0144 e. The van der Waals surface area contributed by atoms with Crippen molar-refractivity contribution >= 4 is 0 Å². The molecule has 0 heteroatoms. The van der Waals surface area contributed by atoms with Crippen LogP contribution in [0.2, 0.25) is 0 Å². The molecule has 0 aromatic rings. The first-order chi connectivity index (χ1) is 7.70. The second-order valence-electron chi connectivity index (χ2n) is 4.63. The van der Waals surface area contributed by atoms with Crippen LogP contribution in [0.4, 0.5) is 0 Å². The minimum Gasteiger partial charge on any atom is -0.103 e. The van der Waals surface area contributed by atoms with Crippen molar-refractivity contribution in [3.63, 3.8) is 0 Å². The van der Waals surface area contributed by atoms with Gasteiger partial charge in [0.15, 0.2) is 0 Å². The molecule has 0 unspecified atom stereocenters. The van der Waals surface area contributed by atoms with Crippen molar-refractivity contribution in [1.82, 2.24) is 0 Å². The molecule has 0 amide bonds. The van der Waals surface area contributed by atoms with Crippen LogP contribution in [0.25, 0.3) is 0 Å². The Hall–Kier alpha value is -0.780. The summed E-state index contributed by atoms with van der Waals surface area (Å²) < 4.78 is 0. The minimum atomic E-state index is 1.03. The van der Waals surface area contributed by atoms with E-state index in [0.717, 1.165) is 6.42 Å². The zero-order valence-electron chi connectivity index (χ0n) is 11.4. The van der Waals surface area contributed by atoms with Crippen LogP contribution >= 0.6 is 0 Å². The minimum absolute atomic E-state index is 1.03. The fourth-order valence-electron chi connectivity index (χ4n) is 1.70. The first-order valence-corrected chi connectivity index (χ1v) is 6.62. The Kier molecular flexibility index (Phi) is 10.2. The van der Waals surface area contributed by atoms with E-state index in [9.17, 15) is 0 Å². The van der Waals surface area contributed by atoms with Gasteiger partial charge in [-0.15, -0.1) is 6.58 Å². The van der Waals surface area contributed by atoms with Crippen molar-refractivity contribution in [3.8, 4) is 0 Å². The summed E-state index contributed by atoms with van der Waals surface area (Å²) in [6, 6.07) is 0. The molecule has 0 aliphatic rings. The van der Waals surface area contributed by atoms with E-state index < -0.39 is 0 Å². The normalized spacial score (nSPS) is 12.9. The Morgan fingerprint density at radius 1 is 1.00 bits per heavy atom. The van der Waals surface area contributed by atoms with Gasteiger partial charge in [-0.25, -0.2) is 0 Å². The van der Waals surface area contributed by atoms with E-state index in [-0.39, 0.29) is 0 Å². The molecule has 0 bridgehead atoms. The number of allylic oxidation sites excluding steroid dienone is 5. The van der Waals surface area contributed by atoms with Gasteiger partial charge in [0.25, 0.3) is 0 Å². The molecule has 92 valence electrons. The summed E-state index contributed by atoms with van der Waals surface area (Å²) >= 11 is 0. The Morgan fingerprint density at radius 3 is 2.31 bits per heavy atom. The molecule has 16 heavy (non-hydrogen) atoms. The first kappa shape index (κ1) is 15.2. The van der Waals surface area contributed by atoms with Crippen molar-refractivity contribution in [2.45, 2.75) is 65.7 Å². The lowest BCUT2D eigenvalue weighted by Gasteiger charge is -2.00. The van der Waals surface area contributed by atoms with Crippen molar-refractivity contribution in [2.24, 2.45) is 0 Å². The molecule has 0 nitrogen and oxygen atoms in total. The van der Waals surface area contributed by atoms with E-state index in [1.54, 1.807) is 5.57 Å². The van der Waals surface area contributed by atoms with Crippen LogP contribution in [-0.2, 0) is 0 Å². The van der Waals surface area contributed by atoms with Gasteiger partial charge in [-0.1, -0.05) is 49.1 Å². The van der Waals surface area contributed by atoms with Crippen LogP contribution in [0.3, 0.4) is 0 Å². The third kappa shape index (κ3) is 9.76. The molecule has 0 spiro atoms. The van der Waals surface area contributed by atoms with E-state index in [1.807, 2.05) is 6.08 Å². The van der Waals surface area contributed by atoms with Gasteiger partial charge in [0, 0.05) is 0 Å². The van der Waals surface area contributed by atoms with Crippen LogP contribution in [0.5, 0.6) is 0 Å². The number of unbranched alkanes of at least 4 members (excludes halogenated alkanes) is 3. The molecule has 0 aromatic heterocycles. The molecule has 0 atom stereocenters. The summed E-state index contributed by atoms with van der Waals surface area (Å²) in [6.45, 7) is 10.4. The topological polar surface area (TPSA) is 0 Å². The smallest absolute Gasteiger partial charge is 0.0144 e. The van der Waals surface area contributed by atoms with Gasteiger partial charge >= 0.3 is 0 Å². The lowest BCUT2D eigenvalue weighted by molar-refractivity contribution is 0.725. The van der Waals surface area contributed by atoms with Gasteiger partial charge < -0.3 is 0 Å². The average molecular weight is 220 g/mol. The summed E-state index contributed by atoms with van der Waals surface area (Å²) in [5.74, 6) is 0. The Morgan fingerprint density at radius 2 is 1.69 bits per heavy atom.